The van der Waals surface area contributed by atoms with E-state index in [1.54, 1.807) is 23.2 Å². The van der Waals surface area contributed by atoms with Gasteiger partial charge in [-0.1, -0.05) is 5.21 Å². The number of furan rings is 1. The van der Waals surface area contributed by atoms with Crippen LogP contribution >= 0.6 is 0 Å². The maximum atomic E-state index is 13.9. The number of fused-ring (bicyclic) bond motifs is 1. The first-order valence-corrected chi connectivity index (χ1v) is 18.9. The number of alkyl halides is 2. The Balaban J connectivity index is 1.05. The molecule has 8 rings (SSSR count). The number of hydrogen-bond acceptors (Lipinski definition) is 10. The number of benzene rings is 1. The van der Waals surface area contributed by atoms with E-state index in [0.717, 1.165) is 62.0 Å². The number of piperidine rings is 2. The molecule has 4 aliphatic rings. The van der Waals surface area contributed by atoms with Crippen molar-refractivity contribution in [1.82, 2.24) is 20.0 Å². The van der Waals surface area contributed by atoms with Gasteiger partial charge in [0.15, 0.2) is 17.7 Å². The van der Waals surface area contributed by atoms with E-state index >= 15 is 0 Å². The van der Waals surface area contributed by atoms with Crippen LogP contribution in [-0.2, 0) is 19.5 Å². The van der Waals surface area contributed by atoms with E-state index in [-0.39, 0.29) is 44.6 Å². The fourth-order valence-corrected chi connectivity index (χ4v) is 8.05. The van der Waals surface area contributed by atoms with Crippen LogP contribution in [0.2, 0.25) is 0 Å². The first-order chi connectivity index (χ1) is 23.6. The van der Waals surface area contributed by atoms with Crippen molar-refractivity contribution in [3.63, 3.8) is 0 Å². The molecule has 49 heavy (non-hydrogen) atoms. The highest BCUT2D eigenvalue weighted by molar-refractivity contribution is 7.92. The van der Waals surface area contributed by atoms with Crippen molar-refractivity contribution >= 4 is 38.2 Å². The average Bonchev–Trinajstić information content (AvgIpc) is 3.44. The lowest BCUT2D eigenvalue weighted by atomic mass is 9.93. The van der Waals surface area contributed by atoms with Crippen LogP contribution in [0.15, 0.2) is 47.2 Å². The van der Waals surface area contributed by atoms with Gasteiger partial charge < -0.3 is 23.7 Å². The number of hydrogen-bond donors (Lipinski definition) is 1. The summed E-state index contributed by atoms with van der Waals surface area (Å²) in [4.78, 5) is 8.97. The Hall–Kier alpha value is -3.82. The predicted molar refractivity (Wildman–Crippen MR) is 181 cm³/mol. The van der Waals surface area contributed by atoms with Crippen molar-refractivity contribution in [3.8, 4) is 17.1 Å². The van der Waals surface area contributed by atoms with Gasteiger partial charge in [0.2, 0.25) is 10.0 Å². The molecule has 262 valence electrons. The zero-order valence-corrected chi connectivity index (χ0v) is 28.1. The van der Waals surface area contributed by atoms with Crippen molar-refractivity contribution in [2.45, 2.75) is 70.0 Å². The highest BCUT2D eigenvalue weighted by Gasteiger charge is 2.44. The summed E-state index contributed by atoms with van der Waals surface area (Å²) >= 11 is 0. The monoisotopic (exact) mass is 697 g/mol. The smallest absolute Gasteiger partial charge is 0.251 e. The van der Waals surface area contributed by atoms with E-state index in [4.69, 9.17) is 18.9 Å². The molecule has 15 heteroatoms. The molecule has 1 atom stereocenters. The second-order valence-corrected chi connectivity index (χ2v) is 15.7. The standard InChI is InChI=1S/C34H41F2N7O5S/c35-34(36)11-15-42(16-12-34)32-31-24(6-18-48-31)21-26(37-32)27-23-43(40-38-27)28-5-4-25(22-29(28)41-13-9-33(7-8-33)10-14-41)39-49(44,45)20-19-47-30-3-1-2-17-46-30/h4-6,18,21-23,30,39H,1-3,7-17,19-20H2. The van der Waals surface area contributed by atoms with Crippen LogP contribution in [0.25, 0.3) is 28.0 Å². The van der Waals surface area contributed by atoms with E-state index in [1.807, 2.05) is 29.2 Å². The molecule has 1 aliphatic carbocycles. The normalized spacial score (nSPS) is 22.1. The zero-order chi connectivity index (χ0) is 33.6. The maximum Gasteiger partial charge on any atom is 0.251 e. The van der Waals surface area contributed by atoms with Crippen LogP contribution in [-0.4, -0.2) is 85.8 Å². The fourth-order valence-electron chi connectivity index (χ4n) is 7.14. The SMILES string of the molecule is O=S(=O)(CCOC1CCCCO1)Nc1ccc(-n2cc(-c3cc4ccoc4c(N4CCC(F)(F)CC4)n3)nn2)c(N2CCC3(CC2)CC3)c1. The van der Waals surface area contributed by atoms with E-state index < -0.39 is 15.9 Å². The Morgan fingerprint density at radius 2 is 1.73 bits per heavy atom. The largest absolute Gasteiger partial charge is 0.460 e. The molecule has 1 N–H and O–H groups in total. The number of rotatable bonds is 10. The summed E-state index contributed by atoms with van der Waals surface area (Å²) in [6.45, 7) is 2.74. The summed E-state index contributed by atoms with van der Waals surface area (Å²) in [5.41, 5.74) is 4.14. The molecule has 1 aromatic carbocycles. The van der Waals surface area contributed by atoms with E-state index in [9.17, 15) is 17.2 Å². The van der Waals surface area contributed by atoms with Crippen LogP contribution in [0.5, 0.6) is 0 Å². The molecule has 3 aromatic heterocycles. The average molecular weight is 698 g/mol. The molecule has 3 saturated heterocycles. The fraction of sp³-hybridized carbons (Fsp3) is 0.559. The highest BCUT2D eigenvalue weighted by atomic mass is 32.2. The third-order valence-corrected chi connectivity index (χ3v) is 11.6. The minimum atomic E-state index is -3.68. The van der Waals surface area contributed by atoms with Crippen molar-refractivity contribution in [1.29, 1.82) is 0 Å². The molecular weight excluding hydrogens is 656 g/mol. The molecule has 0 bridgehead atoms. The molecule has 3 aliphatic heterocycles. The van der Waals surface area contributed by atoms with Crippen molar-refractivity contribution in [2.24, 2.45) is 5.41 Å². The lowest BCUT2D eigenvalue weighted by molar-refractivity contribution is -0.158. The molecule has 12 nitrogen and oxygen atoms in total. The summed E-state index contributed by atoms with van der Waals surface area (Å²) in [5, 5.41) is 9.73. The first-order valence-electron chi connectivity index (χ1n) is 17.2. The van der Waals surface area contributed by atoms with Gasteiger partial charge >= 0.3 is 0 Å². The highest BCUT2D eigenvalue weighted by Crippen LogP contribution is 2.54. The minimum absolute atomic E-state index is 0.0471. The molecule has 4 fully saturated rings. The van der Waals surface area contributed by atoms with E-state index in [0.29, 0.717) is 40.5 Å². The van der Waals surface area contributed by atoms with Gasteiger partial charge in [-0.15, -0.1) is 5.10 Å². The third-order valence-electron chi connectivity index (χ3n) is 10.4. The van der Waals surface area contributed by atoms with Crippen LogP contribution < -0.4 is 14.5 Å². The quantitative estimate of drug-likeness (QED) is 0.212. The molecule has 1 spiro atoms. The minimum Gasteiger partial charge on any atom is -0.460 e. The molecule has 1 saturated carbocycles. The van der Waals surface area contributed by atoms with Crippen LogP contribution in [0.1, 0.15) is 57.8 Å². The first kappa shape index (κ1) is 32.4. The second-order valence-electron chi connectivity index (χ2n) is 13.8. The number of ether oxygens (including phenoxy) is 2. The number of nitrogens with zero attached hydrogens (tertiary/aromatic N) is 6. The summed E-state index contributed by atoms with van der Waals surface area (Å²) in [5.74, 6) is -2.35. The molecule has 6 heterocycles. The number of anilines is 3. The molecule has 1 unspecified atom stereocenters. The molecule has 0 amide bonds. The Morgan fingerprint density at radius 1 is 0.939 bits per heavy atom. The van der Waals surface area contributed by atoms with Gasteiger partial charge in [0, 0.05) is 51.0 Å². The van der Waals surface area contributed by atoms with Gasteiger partial charge in [0.25, 0.3) is 5.92 Å². The number of halogens is 2. The Labute approximate surface area is 283 Å². The van der Waals surface area contributed by atoms with Crippen molar-refractivity contribution in [3.05, 3.63) is 42.8 Å². The number of nitrogens with one attached hydrogen (secondary N) is 1. The van der Waals surface area contributed by atoms with Crippen LogP contribution in [0.4, 0.5) is 26.0 Å². The Bertz CT molecular complexity index is 1900. The molecule has 4 aromatic rings. The lowest BCUT2D eigenvalue weighted by Crippen LogP contribution is -2.39. The van der Waals surface area contributed by atoms with E-state index in [1.165, 1.54) is 12.8 Å². The number of aromatic nitrogens is 4. The van der Waals surface area contributed by atoms with Crippen molar-refractivity contribution < 1.29 is 31.1 Å². The molecular formula is C34H41F2N7O5S. The Kier molecular flexibility index (Phi) is 8.47. The summed E-state index contributed by atoms with van der Waals surface area (Å²) < 4.78 is 75.4. The predicted octanol–water partition coefficient (Wildman–Crippen LogP) is 5.98. The molecule has 0 radical (unpaired) electrons. The van der Waals surface area contributed by atoms with Crippen LogP contribution in [0.3, 0.4) is 0 Å². The van der Waals surface area contributed by atoms with Gasteiger partial charge in [-0.2, -0.15) is 0 Å². The Morgan fingerprint density at radius 3 is 2.49 bits per heavy atom. The van der Waals surface area contributed by atoms with Gasteiger partial charge in [-0.3, -0.25) is 4.72 Å². The zero-order valence-electron chi connectivity index (χ0n) is 27.3. The van der Waals surface area contributed by atoms with Crippen LogP contribution in [0, 0.1) is 5.41 Å². The summed E-state index contributed by atoms with van der Waals surface area (Å²) in [6.07, 6.45) is 10.0. The third kappa shape index (κ3) is 7.11. The van der Waals surface area contributed by atoms with Crippen molar-refractivity contribution in [2.75, 3.05) is 59.7 Å². The second kappa shape index (κ2) is 12.8. The van der Waals surface area contributed by atoms with Gasteiger partial charge in [0.1, 0.15) is 5.69 Å². The summed E-state index contributed by atoms with van der Waals surface area (Å²) in [7, 11) is -3.68. The van der Waals surface area contributed by atoms with Gasteiger partial charge in [-0.25, -0.2) is 26.9 Å². The van der Waals surface area contributed by atoms with E-state index in [2.05, 4.69) is 19.9 Å². The summed E-state index contributed by atoms with van der Waals surface area (Å²) in [6, 6.07) is 9.13. The maximum absolute atomic E-state index is 13.9. The number of pyridine rings is 1. The lowest BCUT2D eigenvalue weighted by Gasteiger charge is -2.35. The topological polar surface area (TPSA) is 128 Å². The number of sulfonamides is 1. The van der Waals surface area contributed by atoms with Gasteiger partial charge in [-0.05, 0) is 80.7 Å². The van der Waals surface area contributed by atoms with Gasteiger partial charge in [0.05, 0.1) is 47.6 Å².